The molecule has 0 unspecified atom stereocenters. The molecule has 4 aliphatic heterocycles. The smallest absolute Gasteiger partial charge is 0.311 e. The van der Waals surface area contributed by atoms with Gasteiger partial charge in [-0.1, -0.05) is 20.8 Å². The number of ketones is 1. The lowest BCUT2D eigenvalue weighted by Gasteiger charge is -2.48. The van der Waals surface area contributed by atoms with Crippen LogP contribution in [0.15, 0.2) is 0 Å². The number of carbonyl (C=O) groups is 2. The van der Waals surface area contributed by atoms with Crippen molar-refractivity contribution in [1.29, 1.82) is 0 Å². The highest BCUT2D eigenvalue weighted by Gasteiger charge is 2.53. The third kappa shape index (κ3) is 11.2. The number of aliphatic hydroxyl groups is 7. The van der Waals surface area contributed by atoms with Crippen molar-refractivity contribution in [2.45, 2.75) is 203 Å². The van der Waals surface area contributed by atoms with E-state index in [1.165, 1.54) is 27.9 Å². The molecule has 18 heteroatoms. The molecule has 4 heterocycles. The highest BCUT2D eigenvalue weighted by molar-refractivity contribution is 5.83. The normalized spacial score (nSPS) is 50.0. The molecule has 0 aromatic carbocycles. The summed E-state index contributed by atoms with van der Waals surface area (Å²) in [5.74, 6) is -4.41. The van der Waals surface area contributed by atoms with Gasteiger partial charge in [0, 0.05) is 37.8 Å². The summed E-state index contributed by atoms with van der Waals surface area (Å²) in [4.78, 5) is 30.0. The molecule has 4 rings (SSSR count). The Morgan fingerprint density at radius 2 is 1.46 bits per heavy atom. The summed E-state index contributed by atoms with van der Waals surface area (Å²) in [5, 5.41) is 78.0. The van der Waals surface area contributed by atoms with Gasteiger partial charge in [-0.25, -0.2) is 0 Å². The van der Waals surface area contributed by atoms with Gasteiger partial charge in [0.2, 0.25) is 0 Å². The number of Topliss-reactive ketones (excluding diaryl/α,β-unsaturated/α-hetero) is 1. The summed E-state index contributed by atoms with van der Waals surface area (Å²) in [7, 11) is 5.10. The number of cyclic esters (lactones) is 1. The van der Waals surface area contributed by atoms with E-state index in [0.717, 1.165) is 0 Å². The first-order valence-corrected chi connectivity index (χ1v) is 21.0. The number of ether oxygens (including phenoxy) is 8. The van der Waals surface area contributed by atoms with Crippen LogP contribution < -0.4 is 0 Å². The Kier molecular flexibility index (Phi) is 17.0. The van der Waals surface area contributed by atoms with Crippen LogP contribution in [0.25, 0.3) is 0 Å². The predicted octanol–water partition coefficient (Wildman–Crippen LogP) is 0.00290. The molecule has 4 aliphatic rings. The SMILES string of the molecule is CC[C@H]1OC(=O)[C@H](C)[C@@H](O[C@H]2C[C@@](C)(OC)[C@@H](O)[C@H](C)O2)C[C@@H](O[C@@H]2O[C@H](C)C[C@H](N(C)C)[C@H]2O[C@@H]2OC[C@@H](O)[C@H](O)[C@H]2O)[C@](C)(O)C[C@@H](C)C(=O)[C@H](C)[C@@H](O)[C@]1(C)O. The highest BCUT2D eigenvalue weighted by Crippen LogP contribution is 2.39. The van der Waals surface area contributed by atoms with Crippen LogP contribution in [0.5, 0.6) is 0 Å². The molecule has 344 valence electrons. The van der Waals surface area contributed by atoms with Gasteiger partial charge >= 0.3 is 5.97 Å². The number of hydrogen-bond acceptors (Lipinski definition) is 18. The Morgan fingerprint density at radius 3 is 2.05 bits per heavy atom. The molecule has 21 atom stereocenters. The molecule has 0 spiro atoms. The molecule has 0 bridgehead atoms. The van der Waals surface area contributed by atoms with Crippen LogP contribution in [0.1, 0.15) is 94.4 Å². The van der Waals surface area contributed by atoms with E-state index in [4.69, 9.17) is 37.9 Å². The molecule has 0 radical (unpaired) electrons. The zero-order valence-electron chi connectivity index (χ0n) is 36.8. The fourth-order valence-corrected chi connectivity index (χ4v) is 9.00. The highest BCUT2D eigenvalue weighted by atomic mass is 16.8. The molecule has 0 aliphatic carbocycles. The predicted molar refractivity (Wildman–Crippen MR) is 208 cm³/mol. The maximum Gasteiger partial charge on any atom is 0.311 e. The molecule has 0 saturated carbocycles. The summed E-state index contributed by atoms with van der Waals surface area (Å²) in [6, 6.07) is -0.426. The first kappa shape index (κ1) is 50.2. The summed E-state index contributed by atoms with van der Waals surface area (Å²) in [6.07, 6.45) is -16.6. The van der Waals surface area contributed by atoms with Crippen LogP contribution in [0, 0.1) is 17.8 Å². The minimum Gasteiger partial charge on any atom is -0.459 e. The molecule has 4 saturated heterocycles. The number of likely N-dealkylation sites (N-methyl/N-ethyl adjacent to an activating group) is 1. The summed E-state index contributed by atoms with van der Waals surface area (Å²) in [5.41, 5.74) is -5.02. The second-order valence-corrected chi connectivity index (χ2v) is 18.4. The van der Waals surface area contributed by atoms with Gasteiger partial charge in [0.05, 0.1) is 54.2 Å². The third-order valence-electron chi connectivity index (χ3n) is 13.2. The van der Waals surface area contributed by atoms with Crippen molar-refractivity contribution in [2.24, 2.45) is 17.8 Å². The van der Waals surface area contributed by atoms with Crippen LogP contribution in [0.3, 0.4) is 0 Å². The molecule has 7 N–H and O–H groups in total. The lowest BCUT2D eigenvalue weighted by molar-refractivity contribution is -0.348. The van der Waals surface area contributed by atoms with Crippen LogP contribution in [-0.2, 0) is 47.5 Å². The Morgan fingerprint density at radius 1 is 0.814 bits per heavy atom. The van der Waals surface area contributed by atoms with E-state index in [9.17, 15) is 45.3 Å². The van der Waals surface area contributed by atoms with Crippen molar-refractivity contribution in [2.75, 3.05) is 27.8 Å². The first-order chi connectivity index (χ1) is 27.3. The Labute approximate surface area is 348 Å². The minimum absolute atomic E-state index is 0.0467. The van der Waals surface area contributed by atoms with Gasteiger partial charge in [-0.3, -0.25) is 9.59 Å². The largest absolute Gasteiger partial charge is 0.459 e. The number of nitrogens with zero attached hydrogens (tertiary/aromatic N) is 1. The van der Waals surface area contributed by atoms with Crippen molar-refractivity contribution in [1.82, 2.24) is 4.90 Å². The molecule has 4 fully saturated rings. The van der Waals surface area contributed by atoms with Gasteiger partial charge < -0.3 is 78.5 Å². The zero-order valence-corrected chi connectivity index (χ0v) is 36.8. The Hall–Kier alpha value is -1.46. The maximum atomic E-state index is 14.2. The number of esters is 1. The van der Waals surface area contributed by atoms with Crippen molar-refractivity contribution < 1.29 is 83.2 Å². The molecule has 0 aromatic heterocycles. The van der Waals surface area contributed by atoms with Gasteiger partial charge in [0.15, 0.2) is 18.9 Å². The van der Waals surface area contributed by atoms with Gasteiger partial charge in [0.1, 0.15) is 48.0 Å². The lowest BCUT2D eigenvalue weighted by Crippen LogP contribution is -2.62. The van der Waals surface area contributed by atoms with E-state index in [-0.39, 0.29) is 32.3 Å². The molecular weight excluding hydrogens is 778 g/mol. The van der Waals surface area contributed by atoms with Crippen molar-refractivity contribution in [3.63, 3.8) is 0 Å². The van der Waals surface area contributed by atoms with Crippen LogP contribution >= 0.6 is 0 Å². The van der Waals surface area contributed by atoms with Crippen molar-refractivity contribution >= 4 is 11.8 Å². The van der Waals surface area contributed by atoms with E-state index in [0.29, 0.717) is 6.42 Å². The van der Waals surface area contributed by atoms with Crippen molar-refractivity contribution in [3.05, 3.63) is 0 Å². The van der Waals surface area contributed by atoms with Gasteiger partial charge in [-0.2, -0.15) is 0 Å². The van der Waals surface area contributed by atoms with E-state index in [1.807, 2.05) is 25.9 Å². The zero-order chi connectivity index (χ0) is 44.5. The van der Waals surface area contributed by atoms with E-state index in [1.54, 1.807) is 34.6 Å². The second kappa shape index (κ2) is 19.9. The molecule has 59 heavy (non-hydrogen) atoms. The Balaban J connectivity index is 1.82. The van der Waals surface area contributed by atoms with Crippen molar-refractivity contribution in [3.8, 4) is 0 Å². The number of carbonyl (C=O) groups excluding carboxylic acids is 2. The fourth-order valence-electron chi connectivity index (χ4n) is 9.00. The van der Waals surface area contributed by atoms with Gasteiger partial charge in [0.25, 0.3) is 0 Å². The minimum atomic E-state index is -2.04. The molecular formula is C41H73NO17. The van der Waals surface area contributed by atoms with Gasteiger partial charge in [-0.05, 0) is 74.9 Å². The first-order valence-electron chi connectivity index (χ1n) is 21.0. The maximum absolute atomic E-state index is 14.2. The number of methoxy groups -OCH3 is 1. The number of hydrogen-bond donors (Lipinski definition) is 7. The van der Waals surface area contributed by atoms with Crippen LogP contribution in [-0.4, -0.2) is 189 Å². The monoisotopic (exact) mass is 851 g/mol. The molecule has 0 aromatic rings. The summed E-state index contributed by atoms with van der Waals surface area (Å²) in [6.45, 7) is 14.0. The van der Waals surface area contributed by atoms with Crippen LogP contribution in [0.4, 0.5) is 0 Å². The lowest BCUT2D eigenvalue weighted by atomic mass is 9.76. The fraction of sp³-hybridized carbons (Fsp3) is 0.951. The molecule has 0 amide bonds. The summed E-state index contributed by atoms with van der Waals surface area (Å²) < 4.78 is 49.5. The average molecular weight is 852 g/mol. The average Bonchev–Trinajstić information content (AvgIpc) is 3.16. The number of rotatable bonds is 9. The second-order valence-electron chi connectivity index (χ2n) is 18.4. The third-order valence-corrected chi connectivity index (χ3v) is 13.2. The van der Waals surface area contributed by atoms with E-state index in [2.05, 4.69) is 0 Å². The number of aliphatic hydroxyl groups excluding tert-OH is 5. The van der Waals surface area contributed by atoms with E-state index >= 15 is 0 Å². The van der Waals surface area contributed by atoms with Gasteiger partial charge in [-0.15, -0.1) is 0 Å². The topological polar surface area (TPSA) is 253 Å². The summed E-state index contributed by atoms with van der Waals surface area (Å²) >= 11 is 0. The standard InChI is InChI=1S/C41H73NO17/c1-13-27-41(9,51)34(47)22(5)30(44)19(2)16-39(7,50)28(15-26(21(4)36(49)57-27)56-29-17-40(8,52-12)35(48)23(6)55-29)58-38-33(24(42(10)11)14-20(3)54-38)59-37-32(46)31(45)25(43)18-53-37/h19-29,31-35,37-38,43,45-48,50-51H,13-18H2,1-12H3/t19-,20-,21-,22+,23+,24+,25-,26+,27-,28-,29+,31+,32-,33-,34-,35+,37+,38+,39-,40-,41-/m1/s1. The molecule has 18 nitrogen and oxygen atoms in total. The Bertz CT molecular complexity index is 1380. The quantitative estimate of drug-likeness (QED) is 0.151. The van der Waals surface area contributed by atoms with Crippen LogP contribution in [0.2, 0.25) is 0 Å². The van der Waals surface area contributed by atoms with E-state index < -0.39 is 138 Å².